The molecule has 0 saturated carbocycles. The second-order valence-corrected chi connectivity index (χ2v) is 8.81. The van der Waals surface area contributed by atoms with Gasteiger partial charge in [0.15, 0.2) is 0 Å². The van der Waals surface area contributed by atoms with Crippen molar-refractivity contribution in [1.29, 1.82) is 0 Å². The third-order valence-corrected chi connectivity index (χ3v) is 6.22. The minimum Gasteiger partial charge on any atom is -0.463 e. The Bertz CT molecular complexity index is 1420. The summed E-state index contributed by atoms with van der Waals surface area (Å²) in [5.74, 6) is -0.814. The molecule has 0 aliphatic heterocycles. The Morgan fingerprint density at radius 1 is 0.605 bits per heavy atom. The van der Waals surface area contributed by atoms with Gasteiger partial charge >= 0.3 is 11.9 Å². The van der Waals surface area contributed by atoms with Gasteiger partial charge in [-0.3, -0.25) is 0 Å². The molecule has 0 bridgehead atoms. The van der Waals surface area contributed by atoms with Gasteiger partial charge in [-0.2, -0.15) is 0 Å². The molecule has 0 aromatic heterocycles. The summed E-state index contributed by atoms with van der Waals surface area (Å²) in [5.41, 5.74) is 8.92. The van der Waals surface area contributed by atoms with E-state index in [1.807, 2.05) is 24.3 Å². The van der Waals surface area contributed by atoms with Crippen LogP contribution in [0.4, 0.5) is 0 Å². The van der Waals surface area contributed by atoms with Crippen LogP contribution >= 0.6 is 0 Å². The monoisotopic (exact) mass is 502 g/mol. The zero-order valence-electron chi connectivity index (χ0n) is 21.3. The highest BCUT2D eigenvalue weighted by atomic mass is 16.5. The topological polar surface area (TPSA) is 52.6 Å². The van der Waals surface area contributed by atoms with Gasteiger partial charge in [-0.1, -0.05) is 104 Å². The highest BCUT2D eigenvalue weighted by Gasteiger charge is 2.09. The highest BCUT2D eigenvalue weighted by molar-refractivity contribution is 5.85. The summed E-state index contributed by atoms with van der Waals surface area (Å²) in [5, 5.41) is 0. The predicted molar refractivity (Wildman–Crippen MR) is 152 cm³/mol. The number of aryl methyl sites for hydroxylation is 1. The maximum Gasteiger partial charge on any atom is 0.330 e. The first-order valence-corrected chi connectivity index (χ1v) is 12.5. The number of esters is 2. The molecule has 0 fully saturated rings. The smallest absolute Gasteiger partial charge is 0.330 e. The summed E-state index contributed by atoms with van der Waals surface area (Å²) in [6, 6.07) is 33.5. The summed E-state index contributed by atoms with van der Waals surface area (Å²) in [6.45, 7) is 7.44. The van der Waals surface area contributed by atoms with E-state index < -0.39 is 5.97 Å². The molecule has 0 amide bonds. The predicted octanol–water partition coefficient (Wildman–Crippen LogP) is 7.58. The first-order chi connectivity index (χ1) is 18.6. The van der Waals surface area contributed by atoms with E-state index in [-0.39, 0.29) is 12.6 Å². The van der Waals surface area contributed by atoms with E-state index in [9.17, 15) is 9.59 Å². The molecule has 4 heteroatoms. The molecule has 0 spiro atoms. The first-order valence-electron chi connectivity index (χ1n) is 12.5. The highest BCUT2D eigenvalue weighted by Crippen LogP contribution is 2.34. The molecule has 4 nitrogen and oxygen atoms in total. The second-order valence-electron chi connectivity index (χ2n) is 8.81. The maximum atomic E-state index is 11.3. The molecular weight excluding hydrogens is 472 g/mol. The molecule has 4 rings (SSSR count). The number of rotatable bonds is 11. The molecule has 4 aromatic carbocycles. The minimum atomic E-state index is -0.429. The van der Waals surface area contributed by atoms with Crippen LogP contribution in [0.15, 0.2) is 122 Å². The molecule has 190 valence electrons. The van der Waals surface area contributed by atoms with Gasteiger partial charge in [0.1, 0.15) is 6.61 Å². The lowest BCUT2D eigenvalue weighted by molar-refractivity contribution is -0.139. The van der Waals surface area contributed by atoms with Crippen molar-refractivity contribution in [1.82, 2.24) is 0 Å². The summed E-state index contributed by atoms with van der Waals surface area (Å²) in [6.07, 6.45) is 3.95. The van der Waals surface area contributed by atoms with Crippen molar-refractivity contribution in [2.24, 2.45) is 0 Å². The van der Waals surface area contributed by atoms with Crippen molar-refractivity contribution in [3.05, 3.63) is 133 Å². The van der Waals surface area contributed by atoms with E-state index in [1.165, 1.54) is 17.7 Å². The Morgan fingerprint density at radius 2 is 1.18 bits per heavy atom. The zero-order chi connectivity index (χ0) is 26.7. The lowest BCUT2D eigenvalue weighted by Gasteiger charge is -2.13. The van der Waals surface area contributed by atoms with Crippen molar-refractivity contribution in [3.8, 4) is 33.4 Å². The van der Waals surface area contributed by atoms with Gasteiger partial charge in [-0.15, -0.1) is 0 Å². The van der Waals surface area contributed by atoms with Crippen LogP contribution in [-0.4, -0.2) is 18.5 Å². The number of benzene rings is 4. The summed E-state index contributed by atoms with van der Waals surface area (Å²) >= 11 is 0. The number of carbonyl (C=O) groups excluding carboxylic acids is 2. The normalized spacial score (nSPS) is 10.4. The Morgan fingerprint density at radius 3 is 1.87 bits per heavy atom. The Hall–Kier alpha value is -4.70. The van der Waals surface area contributed by atoms with Crippen LogP contribution < -0.4 is 0 Å². The molecule has 0 aliphatic rings. The Labute approximate surface area is 223 Å². The molecular formula is C34H30O4. The summed E-state index contributed by atoms with van der Waals surface area (Å²) in [4.78, 5) is 22.5. The van der Waals surface area contributed by atoms with Crippen molar-refractivity contribution < 1.29 is 19.1 Å². The van der Waals surface area contributed by atoms with Crippen molar-refractivity contribution in [3.63, 3.8) is 0 Å². The van der Waals surface area contributed by atoms with Crippen LogP contribution in [0.25, 0.3) is 33.4 Å². The van der Waals surface area contributed by atoms with Crippen molar-refractivity contribution in [2.75, 3.05) is 6.61 Å². The fraction of sp³-hybridized carbons (Fsp3) is 0.118. The van der Waals surface area contributed by atoms with E-state index in [4.69, 9.17) is 9.47 Å². The largest absolute Gasteiger partial charge is 0.463 e. The standard InChI is InChI=1S/C34H30O4/c1-3-33(35)37-22-8-9-25-14-20-28(21-15-25)31-12-5-6-13-32(31)30-11-7-10-29(23-30)27-18-16-26(17-19-27)24-38-34(36)4-2/h3-7,10-21,23H,1-2,8-9,22,24H2. The van der Waals surface area contributed by atoms with Crippen LogP contribution in [0.1, 0.15) is 17.5 Å². The second kappa shape index (κ2) is 13.0. The van der Waals surface area contributed by atoms with Gasteiger partial charge in [0, 0.05) is 12.2 Å². The fourth-order valence-electron chi connectivity index (χ4n) is 4.22. The maximum absolute atomic E-state index is 11.3. The average molecular weight is 503 g/mol. The van der Waals surface area contributed by atoms with Crippen LogP contribution in [0, 0.1) is 0 Å². The number of hydrogen-bond donors (Lipinski definition) is 0. The Kier molecular flexibility index (Phi) is 9.03. The number of ether oxygens (including phenoxy) is 2. The number of carbonyl (C=O) groups is 2. The van der Waals surface area contributed by atoms with Gasteiger partial charge in [-0.25, -0.2) is 9.59 Å². The third-order valence-electron chi connectivity index (χ3n) is 6.22. The molecule has 0 heterocycles. The van der Waals surface area contributed by atoms with Crippen LogP contribution in [0.5, 0.6) is 0 Å². The lowest BCUT2D eigenvalue weighted by atomic mass is 9.92. The first kappa shape index (κ1) is 26.4. The van der Waals surface area contributed by atoms with Crippen molar-refractivity contribution in [2.45, 2.75) is 19.4 Å². The van der Waals surface area contributed by atoms with E-state index in [1.54, 1.807) is 0 Å². The van der Waals surface area contributed by atoms with Gasteiger partial charge in [0.2, 0.25) is 0 Å². The Balaban J connectivity index is 1.50. The SMILES string of the molecule is C=CC(=O)OCCCc1ccc(-c2ccccc2-c2cccc(-c3ccc(COC(=O)C=C)cc3)c2)cc1. The number of hydrogen-bond acceptors (Lipinski definition) is 4. The van der Waals surface area contributed by atoms with Gasteiger partial charge in [0.05, 0.1) is 6.61 Å². The molecule has 0 unspecified atom stereocenters. The molecule has 0 N–H and O–H groups in total. The minimum absolute atomic E-state index is 0.222. The van der Waals surface area contributed by atoms with Crippen LogP contribution in [0.2, 0.25) is 0 Å². The quantitative estimate of drug-likeness (QED) is 0.121. The average Bonchev–Trinajstić information content (AvgIpc) is 2.98. The van der Waals surface area contributed by atoms with E-state index >= 15 is 0 Å². The van der Waals surface area contributed by atoms with Crippen LogP contribution in [-0.2, 0) is 32.1 Å². The lowest BCUT2D eigenvalue weighted by Crippen LogP contribution is -2.02. The summed E-state index contributed by atoms with van der Waals surface area (Å²) in [7, 11) is 0. The van der Waals surface area contributed by atoms with Crippen molar-refractivity contribution >= 4 is 11.9 Å². The van der Waals surface area contributed by atoms with Gasteiger partial charge < -0.3 is 9.47 Å². The zero-order valence-corrected chi connectivity index (χ0v) is 21.3. The molecule has 4 aromatic rings. The van der Waals surface area contributed by atoms with Gasteiger partial charge in [-0.05, 0) is 63.4 Å². The fourth-order valence-corrected chi connectivity index (χ4v) is 4.22. The van der Waals surface area contributed by atoms with E-state index in [2.05, 4.69) is 86.0 Å². The van der Waals surface area contributed by atoms with Crippen LogP contribution in [0.3, 0.4) is 0 Å². The summed E-state index contributed by atoms with van der Waals surface area (Å²) < 4.78 is 10.2. The molecule has 0 saturated heterocycles. The van der Waals surface area contributed by atoms with Gasteiger partial charge in [0.25, 0.3) is 0 Å². The molecule has 0 radical (unpaired) electrons. The van der Waals surface area contributed by atoms with E-state index in [0.29, 0.717) is 6.61 Å². The third kappa shape index (κ3) is 6.95. The van der Waals surface area contributed by atoms with E-state index in [0.717, 1.165) is 51.8 Å². The molecule has 0 atom stereocenters. The molecule has 0 aliphatic carbocycles. The molecule has 38 heavy (non-hydrogen) atoms.